The lowest BCUT2D eigenvalue weighted by Crippen LogP contribution is -2.11. The third-order valence-electron chi connectivity index (χ3n) is 2.78. The highest BCUT2D eigenvalue weighted by atomic mass is 16.4. The summed E-state index contributed by atoms with van der Waals surface area (Å²) in [6.45, 7) is 5.69. The monoisotopic (exact) mass is 245 g/mol. The lowest BCUT2D eigenvalue weighted by atomic mass is 10.1. The Morgan fingerprint density at radius 1 is 1.06 bits per heavy atom. The van der Waals surface area contributed by atoms with Crippen LogP contribution < -0.4 is 5.32 Å². The Morgan fingerprint density at radius 2 is 1.78 bits per heavy atom. The van der Waals surface area contributed by atoms with Gasteiger partial charge in [-0.2, -0.15) is 0 Å². The van der Waals surface area contributed by atoms with Gasteiger partial charge in [0.15, 0.2) is 0 Å². The van der Waals surface area contributed by atoms with Crippen molar-refractivity contribution in [3.8, 4) is 0 Å². The van der Waals surface area contributed by atoms with E-state index in [0.717, 1.165) is 19.4 Å². The lowest BCUT2D eigenvalue weighted by Gasteiger charge is -1.99. The highest BCUT2D eigenvalue weighted by Gasteiger charge is 2.05. The summed E-state index contributed by atoms with van der Waals surface area (Å²) in [5.41, 5.74) is 2.58. The molecule has 0 radical (unpaired) electrons. The Hall–Kier alpha value is -1.68. The van der Waals surface area contributed by atoms with E-state index in [0.29, 0.717) is 18.3 Å². The van der Waals surface area contributed by atoms with Crippen molar-refractivity contribution in [3.05, 3.63) is 47.2 Å². The summed E-state index contributed by atoms with van der Waals surface area (Å²) in [5, 5.41) is 11.2. The zero-order chi connectivity index (χ0) is 12.8. The van der Waals surface area contributed by atoms with Crippen molar-refractivity contribution in [1.29, 1.82) is 0 Å². The van der Waals surface area contributed by atoms with Crippen LogP contribution in [0.4, 0.5) is 0 Å². The first-order valence-corrected chi connectivity index (χ1v) is 6.35. The maximum Gasteiger partial charge on any atom is 0.230 e. The van der Waals surface area contributed by atoms with E-state index in [-0.39, 0.29) is 0 Å². The maximum atomic E-state index is 5.55. The molecule has 0 saturated heterocycles. The predicted molar refractivity (Wildman–Crippen MR) is 70.3 cm³/mol. The standard InChI is InChI=1S/C14H19N3O/c1-3-15-10-14-17-16-13(18-14)9-8-12-6-4-11(2)5-7-12/h4-7,15H,3,8-10H2,1-2H3. The fraction of sp³-hybridized carbons (Fsp3) is 0.429. The Morgan fingerprint density at radius 3 is 2.50 bits per heavy atom. The van der Waals surface area contributed by atoms with Gasteiger partial charge in [-0.25, -0.2) is 0 Å². The van der Waals surface area contributed by atoms with Gasteiger partial charge in [-0.15, -0.1) is 10.2 Å². The highest BCUT2D eigenvalue weighted by molar-refractivity contribution is 5.21. The molecule has 96 valence electrons. The van der Waals surface area contributed by atoms with E-state index in [1.807, 2.05) is 0 Å². The molecular weight excluding hydrogens is 226 g/mol. The van der Waals surface area contributed by atoms with Crippen LogP contribution in [0.3, 0.4) is 0 Å². The van der Waals surface area contributed by atoms with Gasteiger partial charge in [-0.1, -0.05) is 36.8 Å². The van der Waals surface area contributed by atoms with Crippen LogP contribution >= 0.6 is 0 Å². The molecule has 2 rings (SSSR count). The third kappa shape index (κ3) is 3.67. The number of nitrogens with one attached hydrogen (secondary N) is 1. The van der Waals surface area contributed by atoms with Crippen molar-refractivity contribution in [2.75, 3.05) is 6.54 Å². The van der Waals surface area contributed by atoms with Gasteiger partial charge >= 0.3 is 0 Å². The topological polar surface area (TPSA) is 51.0 Å². The predicted octanol–water partition coefficient (Wildman–Crippen LogP) is 2.27. The molecule has 4 nitrogen and oxygen atoms in total. The van der Waals surface area contributed by atoms with E-state index >= 15 is 0 Å². The van der Waals surface area contributed by atoms with Crippen LogP contribution in [-0.2, 0) is 19.4 Å². The van der Waals surface area contributed by atoms with Crippen molar-refractivity contribution in [2.45, 2.75) is 33.2 Å². The lowest BCUT2D eigenvalue weighted by molar-refractivity contribution is 0.434. The van der Waals surface area contributed by atoms with E-state index in [2.05, 4.69) is 53.6 Å². The van der Waals surface area contributed by atoms with Crippen molar-refractivity contribution >= 4 is 0 Å². The molecule has 0 amide bonds. The number of aryl methyl sites for hydroxylation is 3. The Balaban J connectivity index is 1.86. The summed E-state index contributed by atoms with van der Waals surface area (Å²) in [6.07, 6.45) is 1.73. The molecule has 4 heteroatoms. The maximum absolute atomic E-state index is 5.55. The number of hydrogen-bond acceptors (Lipinski definition) is 4. The van der Waals surface area contributed by atoms with Gasteiger partial charge in [0.25, 0.3) is 0 Å². The molecule has 0 atom stereocenters. The van der Waals surface area contributed by atoms with Crippen LogP contribution in [0.25, 0.3) is 0 Å². The third-order valence-corrected chi connectivity index (χ3v) is 2.78. The molecule has 0 bridgehead atoms. The SMILES string of the molecule is CCNCc1nnc(CCc2ccc(C)cc2)o1. The minimum Gasteiger partial charge on any atom is -0.424 e. The summed E-state index contributed by atoms with van der Waals surface area (Å²) in [5.74, 6) is 1.37. The van der Waals surface area contributed by atoms with Crippen molar-refractivity contribution in [1.82, 2.24) is 15.5 Å². The zero-order valence-corrected chi connectivity index (χ0v) is 10.9. The van der Waals surface area contributed by atoms with E-state index in [1.165, 1.54) is 11.1 Å². The first-order chi connectivity index (χ1) is 8.78. The first kappa shape index (κ1) is 12.8. The number of benzene rings is 1. The summed E-state index contributed by atoms with van der Waals surface area (Å²) < 4.78 is 5.55. The molecule has 1 aromatic carbocycles. The van der Waals surface area contributed by atoms with Crippen LogP contribution in [0, 0.1) is 6.92 Å². The van der Waals surface area contributed by atoms with E-state index in [4.69, 9.17) is 4.42 Å². The van der Waals surface area contributed by atoms with Crippen molar-refractivity contribution in [2.24, 2.45) is 0 Å². The van der Waals surface area contributed by atoms with Crippen LogP contribution in [0.1, 0.15) is 29.8 Å². The second kappa shape index (κ2) is 6.31. The Kier molecular flexibility index (Phi) is 4.47. The van der Waals surface area contributed by atoms with Crippen LogP contribution in [0.2, 0.25) is 0 Å². The average molecular weight is 245 g/mol. The molecule has 0 aliphatic rings. The molecule has 0 unspecified atom stereocenters. The Bertz CT molecular complexity index is 476. The fourth-order valence-corrected chi connectivity index (χ4v) is 1.70. The molecule has 18 heavy (non-hydrogen) atoms. The first-order valence-electron chi connectivity index (χ1n) is 6.35. The Labute approximate surface area is 107 Å². The van der Waals surface area contributed by atoms with Crippen LogP contribution in [-0.4, -0.2) is 16.7 Å². The number of hydrogen-bond donors (Lipinski definition) is 1. The van der Waals surface area contributed by atoms with Crippen molar-refractivity contribution in [3.63, 3.8) is 0 Å². The molecule has 1 N–H and O–H groups in total. The summed E-state index contributed by atoms with van der Waals surface area (Å²) in [4.78, 5) is 0. The fourth-order valence-electron chi connectivity index (χ4n) is 1.70. The number of rotatable bonds is 6. The molecule has 0 fully saturated rings. The summed E-state index contributed by atoms with van der Waals surface area (Å²) in [7, 11) is 0. The molecule has 0 aliphatic carbocycles. The van der Waals surface area contributed by atoms with E-state index < -0.39 is 0 Å². The average Bonchev–Trinajstić information content (AvgIpc) is 2.84. The zero-order valence-electron chi connectivity index (χ0n) is 10.9. The quantitative estimate of drug-likeness (QED) is 0.848. The summed E-state index contributed by atoms with van der Waals surface area (Å²) >= 11 is 0. The molecule has 0 spiro atoms. The van der Waals surface area contributed by atoms with Gasteiger partial charge in [0.05, 0.1) is 6.54 Å². The van der Waals surface area contributed by atoms with Crippen LogP contribution in [0.15, 0.2) is 28.7 Å². The highest BCUT2D eigenvalue weighted by Crippen LogP contribution is 2.08. The van der Waals surface area contributed by atoms with Crippen LogP contribution in [0.5, 0.6) is 0 Å². The summed E-state index contributed by atoms with van der Waals surface area (Å²) in [6, 6.07) is 8.54. The second-order valence-electron chi connectivity index (χ2n) is 4.36. The van der Waals surface area contributed by atoms with Crippen molar-refractivity contribution < 1.29 is 4.42 Å². The van der Waals surface area contributed by atoms with Gasteiger partial charge < -0.3 is 9.73 Å². The van der Waals surface area contributed by atoms with Gasteiger partial charge in [0.1, 0.15) is 0 Å². The van der Waals surface area contributed by atoms with Gasteiger partial charge in [0, 0.05) is 6.42 Å². The number of aromatic nitrogens is 2. The molecule has 0 aliphatic heterocycles. The van der Waals surface area contributed by atoms with E-state index in [1.54, 1.807) is 0 Å². The molecule has 1 heterocycles. The molecule has 0 saturated carbocycles. The largest absolute Gasteiger partial charge is 0.424 e. The second-order valence-corrected chi connectivity index (χ2v) is 4.36. The number of nitrogens with zero attached hydrogens (tertiary/aromatic N) is 2. The molecule has 2 aromatic rings. The van der Waals surface area contributed by atoms with Gasteiger partial charge in [-0.05, 0) is 25.5 Å². The minimum absolute atomic E-state index is 0.647. The molecular formula is C14H19N3O. The minimum atomic E-state index is 0.647. The smallest absolute Gasteiger partial charge is 0.230 e. The molecule has 1 aromatic heterocycles. The van der Waals surface area contributed by atoms with E-state index in [9.17, 15) is 0 Å². The van der Waals surface area contributed by atoms with Gasteiger partial charge in [0.2, 0.25) is 11.8 Å². The van der Waals surface area contributed by atoms with Gasteiger partial charge in [-0.3, -0.25) is 0 Å². The normalized spacial score (nSPS) is 10.8.